The van der Waals surface area contributed by atoms with E-state index in [1.54, 1.807) is 6.08 Å². The van der Waals surface area contributed by atoms with Gasteiger partial charge in [0.2, 0.25) is 0 Å². The van der Waals surface area contributed by atoms with Gasteiger partial charge >= 0.3 is 6.09 Å². The summed E-state index contributed by atoms with van der Waals surface area (Å²) in [5.74, 6) is 0. The Morgan fingerprint density at radius 2 is 2.50 bits per heavy atom. The predicted octanol–water partition coefficient (Wildman–Crippen LogP) is -0.143. The maximum atomic E-state index is 10.5. The molecule has 10 heavy (non-hydrogen) atoms. The molecule has 0 rings (SSSR count). The smallest absolute Gasteiger partial charge is 0.407 e. The van der Waals surface area contributed by atoms with Gasteiger partial charge in [-0.3, -0.25) is 0 Å². The van der Waals surface area contributed by atoms with Crippen molar-refractivity contribution >= 4 is 6.09 Å². The number of hydrogen-bond donors (Lipinski definition) is 2. The molecule has 0 saturated heterocycles. The Morgan fingerprint density at radius 1 is 1.80 bits per heavy atom. The summed E-state index contributed by atoms with van der Waals surface area (Å²) in [5.41, 5.74) is 5.08. The van der Waals surface area contributed by atoms with E-state index in [0.717, 1.165) is 0 Å². The molecule has 0 heterocycles. The number of alkyl carbamates (subject to hydrolysis) is 1. The van der Waals surface area contributed by atoms with Crippen molar-refractivity contribution in [3.8, 4) is 0 Å². The molecule has 0 atom stereocenters. The van der Waals surface area contributed by atoms with E-state index >= 15 is 0 Å². The third-order valence-corrected chi connectivity index (χ3v) is 0.742. The highest BCUT2D eigenvalue weighted by Gasteiger charge is 1.95. The van der Waals surface area contributed by atoms with Crippen molar-refractivity contribution < 1.29 is 9.53 Å². The zero-order valence-corrected chi connectivity index (χ0v) is 5.80. The molecule has 0 bridgehead atoms. The minimum Gasteiger partial charge on any atom is -0.448 e. The second-order valence-corrected chi connectivity index (χ2v) is 1.59. The molecule has 0 radical (unpaired) electrons. The molecule has 4 heteroatoms. The molecule has 0 spiro atoms. The van der Waals surface area contributed by atoms with Gasteiger partial charge < -0.3 is 15.8 Å². The van der Waals surface area contributed by atoms with Crippen LogP contribution in [-0.4, -0.2) is 25.8 Å². The first-order chi connectivity index (χ1) is 4.81. The average Bonchev–Trinajstić information content (AvgIpc) is 1.97. The molecule has 4 nitrogen and oxygen atoms in total. The van der Waals surface area contributed by atoms with Gasteiger partial charge in [-0.15, -0.1) is 6.58 Å². The minimum atomic E-state index is -0.453. The van der Waals surface area contributed by atoms with Crippen LogP contribution in [0.4, 0.5) is 4.79 Å². The number of hydrogen-bond acceptors (Lipinski definition) is 3. The lowest BCUT2D eigenvalue weighted by Crippen LogP contribution is -2.26. The molecule has 0 aromatic carbocycles. The topological polar surface area (TPSA) is 64.3 Å². The maximum Gasteiger partial charge on any atom is 0.407 e. The first-order valence-corrected chi connectivity index (χ1v) is 3.03. The van der Waals surface area contributed by atoms with Crippen LogP contribution in [0.2, 0.25) is 0 Å². The van der Waals surface area contributed by atoms with E-state index in [1.807, 2.05) is 0 Å². The van der Waals surface area contributed by atoms with E-state index in [2.05, 4.69) is 16.6 Å². The first-order valence-electron chi connectivity index (χ1n) is 3.03. The molecule has 0 saturated carbocycles. The largest absolute Gasteiger partial charge is 0.448 e. The summed E-state index contributed by atoms with van der Waals surface area (Å²) in [4.78, 5) is 10.5. The Labute approximate surface area is 60.0 Å². The molecule has 0 aromatic rings. The minimum absolute atomic E-state index is 0.253. The fourth-order valence-corrected chi connectivity index (χ4v) is 0.358. The van der Waals surface area contributed by atoms with E-state index in [-0.39, 0.29) is 6.61 Å². The highest BCUT2D eigenvalue weighted by molar-refractivity contribution is 5.67. The summed E-state index contributed by atoms with van der Waals surface area (Å²) in [6, 6.07) is 0. The van der Waals surface area contributed by atoms with Crippen molar-refractivity contribution in [2.45, 2.75) is 0 Å². The second-order valence-electron chi connectivity index (χ2n) is 1.59. The van der Waals surface area contributed by atoms with Gasteiger partial charge in [0, 0.05) is 13.1 Å². The van der Waals surface area contributed by atoms with Gasteiger partial charge in [-0.25, -0.2) is 4.79 Å². The standard InChI is InChI=1S/C6H12N2O2/c1-2-4-8-6(9)10-5-3-7/h2H,1,3-5,7H2,(H,8,9). The average molecular weight is 144 g/mol. The summed E-state index contributed by atoms with van der Waals surface area (Å²) >= 11 is 0. The fourth-order valence-electron chi connectivity index (χ4n) is 0.358. The van der Waals surface area contributed by atoms with Gasteiger partial charge in [0.05, 0.1) is 0 Å². The van der Waals surface area contributed by atoms with Crippen molar-refractivity contribution in [1.82, 2.24) is 5.32 Å². The number of rotatable bonds is 4. The highest BCUT2D eigenvalue weighted by Crippen LogP contribution is 1.74. The van der Waals surface area contributed by atoms with Crippen LogP contribution in [0.3, 0.4) is 0 Å². The predicted molar refractivity (Wildman–Crippen MR) is 38.6 cm³/mol. The molecular weight excluding hydrogens is 132 g/mol. The molecular formula is C6H12N2O2. The second kappa shape index (κ2) is 6.10. The summed E-state index contributed by atoms with van der Waals surface area (Å²) in [7, 11) is 0. The zero-order chi connectivity index (χ0) is 7.82. The number of carbonyl (C=O) groups is 1. The molecule has 0 aliphatic heterocycles. The third-order valence-electron chi connectivity index (χ3n) is 0.742. The lowest BCUT2D eigenvalue weighted by Gasteiger charge is -2.01. The van der Waals surface area contributed by atoms with Gasteiger partial charge in [0.25, 0.3) is 0 Å². The zero-order valence-electron chi connectivity index (χ0n) is 5.80. The van der Waals surface area contributed by atoms with E-state index in [4.69, 9.17) is 5.73 Å². The Kier molecular flexibility index (Phi) is 5.47. The summed E-state index contributed by atoms with van der Waals surface area (Å²) < 4.78 is 4.57. The quantitative estimate of drug-likeness (QED) is 0.539. The normalized spacial score (nSPS) is 8.50. The molecule has 0 unspecified atom stereocenters. The van der Waals surface area contributed by atoms with Crippen LogP contribution in [-0.2, 0) is 4.74 Å². The van der Waals surface area contributed by atoms with E-state index in [9.17, 15) is 4.79 Å². The van der Waals surface area contributed by atoms with Crippen LogP contribution in [0.5, 0.6) is 0 Å². The van der Waals surface area contributed by atoms with Crippen molar-refractivity contribution in [2.24, 2.45) is 5.73 Å². The van der Waals surface area contributed by atoms with Gasteiger partial charge in [-0.2, -0.15) is 0 Å². The van der Waals surface area contributed by atoms with Gasteiger partial charge in [-0.1, -0.05) is 6.08 Å². The van der Waals surface area contributed by atoms with Crippen LogP contribution >= 0.6 is 0 Å². The number of nitrogens with two attached hydrogens (primary N) is 1. The van der Waals surface area contributed by atoms with Crippen molar-refractivity contribution in [3.05, 3.63) is 12.7 Å². The fraction of sp³-hybridized carbons (Fsp3) is 0.500. The summed E-state index contributed by atoms with van der Waals surface area (Å²) in [5, 5.41) is 2.43. The summed E-state index contributed by atoms with van der Waals surface area (Å²) in [6.45, 7) is 4.44. The number of ether oxygens (including phenoxy) is 1. The van der Waals surface area contributed by atoms with Crippen LogP contribution in [0.25, 0.3) is 0 Å². The number of carbonyl (C=O) groups excluding carboxylic acids is 1. The number of nitrogens with one attached hydrogen (secondary N) is 1. The molecule has 0 aliphatic rings. The Morgan fingerprint density at radius 3 is 3.00 bits per heavy atom. The van der Waals surface area contributed by atoms with Crippen molar-refractivity contribution in [2.75, 3.05) is 19.7 Å². The summed E-state index contributed by atoms with van der Waals surface area (Å²) in [6.07, 6.45) is 1.12. The molecule has 0 aliphatic carbocycles. The lowest BCUT2D eigenvalue weighted by molar-refractivity contribution is 0.150. The van der Waals surface area contributed by atoms with Crippen molar-refractivity contribution in [3.63, 3.8) is 0 Å². The van der Waals surface area contributed by atoms with Crippen molar-refractivity contribution in [1.29, 1.82) is 0 Å². The Bertz CT molecular complexity index is 114. The van der Waals surface area contributed by atoms with E-state index in [1.165, 1.54) is 0 Å². The molecule has 3 N–H and O–H groups in total. The van der Waals surface area contributed by atoms with Crippen LogP contribution in [0.15, 0.2) is 12.7 Å². The Balaban J connectivity index is 3.16. The third kappa shape index (κ3) is 5.11. The van der Waals surface area contributed by atoms with Crippen LogP contribution in [0, 0.1) is 0 Å². The monoisotopic (exact) mass is 144 g/mol. The molecule has 1 amide bonds. The number of amides is 1. The van der Waals surface area contributed by atoms with E-state index in [0.29, 0.717) is 13.1 Å². The lowest BCUT2D eigenvalue weighted by atomic mass is 10.6. The molecule has 0 aromatic heterocycles. The molecule has 58 valence electrons. The van der Waals surface area contributed by atoms with Crippen LogP contribution < -0.4 is 11.1 Å². The first kappa shape index (κ1) is 8.97. The SMILES string of the molecule is C=CCNC(=O)OCCN. The van der Waals surface area contributed by atoms with Gasteiger partial charge in [-0.05, 0) is 0 Å². The Hall–Kier alpha value is -1.03. The highest BCUT2D eigenvalue weighted by atomic mass is 16.5. The maximum absolute atomic E-state index is 10.5. The van der Waals surface area contributed by atoms with Gasteiger partial charge in [0.15, 0.2) is 0 Å². The molecule has 0 fully saturated rings. The van der Waals surface area contributed by atoms with Crippen LogP contribution in [0.1, 0.15) is 0 Å². The van der Waals surface area contributed by atoms with Gasteiger partial charge in [0.1, 0.15) is 6.61 Å². The van der Waals surface area contributed by atoms with E-state index < -0.39 is 6.09 Å².